The second-order valence-corrected chi connectivity index (χ2v) is 6.03. The lowest BCUT2D eigenvalue weighted by atomic mass is 10.2. The van der Waals surface area contributed by atoms with E-state index in [-0.39, 0.29) is 23.6 Å². The van der Waals surface area contributed by atoms with Crippen LogP contribution in [0.3, 0.4) is 0 Å². The fraction of sp³-hybridized carbons (Fsp3) is 0.857. The van der Waals surface area contributed by atoms with Crippen molar-refractivity contribution in [1.29, 1.82) is 0 Å². The highest BCUT2D eigenvalue weighted by molar-refractivity contribution is 7.91. The number of thiocarbonyl (C=S) groups is 1. The molecule has 2 atom stereocenters. The first kappa shape index (κ1) is 9.21. The van der Waals surface area contributed by atoms with E-state index in [1.165, 1.54) is 0 Å². The second-order valence-electron chi connectivity index (χ2n) is 3.49. The summed E-state index contributed by atoms with van der Waals surface area (Å²) in [6.07, 6.45) is 0. The van der Waals surface area contributed by atoms with E-state index in [2.05, 4.69) is 5.32 Å². The van der Waals surface area contributed by atoms with Gasteiger partial charge in [-0.15, -0.1) is 0 Å². The molecule has 74 valence electrons. The van der Waals surface area contributed by atoms with E-state index >= 15 is 0 Å². The van der Waals surface area contributed by atoms with E-state index in [1.54, 1.807) is 0 Å². The van der Waals surface area contributed by atoms with E-state index in [0.717, 1.165) is 6.54 Å². The number of nitrogens with one attached hydrogen (secondary N) is 1. The van der Waals surface area contributed by atoms with Gasteiger partial charge in [-0.25, -0.2) is 8.42 Å². The van der Waals surface area contributed by atoms with Gasteiger partial charge in [-0.3, -0.25) is 0 Å². The summed E-state index contributed by atoms with van der Waals surface area (Å²) in [5, 5.41) is 3.75. The van der Waals surface area contributed by atoms with Crippen molar-refractivity contribution < 1.29 is 8.42 Å². The van der Waals surface area contributed by atoms with Gasteiger partial charge in [-0.1, -0.05) is 0 Å². The lowest BCUT2D eigenvalue weighted by molar-refractivity contribution is 0.371. The first-order chi connectivity index (χ1) is 6.03. The molecule has 0 aromatic heterocycles. The Balaban J connectivity index is 2.24. The van der Waals surface area contributed by atoms with Crippen LogP contribution in [-0.4, -0.2) is 48.6 Å². The molecule has 2 aliphatic rings. The van der Waals surface area contributed by atoms with Gasteiger partial charge in [0.25, 0.3) is 0 Å². The molecule has 2 heterocycles. The third-order valence-electron chi connectivity index (χ3n) is 2.63. The molecular formula is C7H12N2O2S2. The minimum Gasteiger partial charge on any atom is -0.357 e. The van der Waals surface area contributed by atoms with E-state index in [1.807, 2.05) is 11.8 Å². The summed E-state index contributed by atoms with van der Waals surface area (Å²) in [5.74, 6) is 0.479. The predicted octanol–water partition coefficient (Wildman–Crippen LogP) is -0.638. The largest absolute Gasteiger partial charge is 0.357 e. The molecule has 0 spiro atoms. The average molecular weight is 220 g/mol. The van der Waals surface area contributed by atoms with E-state index in [0.29, 0.717) is 5.11 Å². The molecule has 0 amide bonds. The molecule has 1 N–H and O–H groups in total. The summed E-state index contributed by atoms with van der Waals surface area (Å²) in [4.78, 5) is 1.96. The van der Waals surface area contributed by atoms with Crippen LogP contribution in [0, 0.1) is 0 Å². The normalized spacial score (nSPS) is 36.1. The fourth-order valence-corrected chi connectivity index (χ4v) is 4.38. The van der Waals surface area contributed by atoms with Gasteiger partial charge in [-0.05, 0) is 19.1 Å². The van der Waals surface area contributed by atoms with Gasteiger partial charge in [0.15, 0.2) is 14.9 Å². The van der Waals surface area contributed by atoms with Crippen molar-refractivity contribution in [2.24, 2.45) is 0 Å². The lowest BCUT2D eigenvalue weighted by Gasteiger charge is -2.20. The Kier molecular flexibility index (Phi) is 1.99. The number of likely N-dealkylation sites (N-methyl/N-ethyl adjacent to an activating group) is 1. The van der Waals surface area contributed by atoms with E-state index < -0.39 is 9.84 Å². The Morgan fingerprint density at radius 1 is 1.62 bits per heavy atom. The van der Waals surface area contributed by atoms with Crippen LogP contribution < -0.4 is 5.32 Å². The third-order valence-corrected chi connectivity index (χ3v) is 4.70. The second kappa shape index (κ2) is 2.81. The molecule has 0 saturated carbocycles. The number of sulfone groups is 1. The highest BCUT2D eigenvalue weighted by Gasteiger charge is 2.46. The SMILES string of the molecule is CCN1C(=S)N[C@@H]2CS(=O)(=O)C[C@@H]21. The first-order valence-corrected chi connectivity index (χ1v) is 6.54. The molecule has 2 rings (SSSR count). The molecule has 6 heteroatoms. The predicted molar refractivity (Wildman–Crippen MR) is 54.3 cm³/mol. The lowest BCUT2D eigenvalue weighted by Crippen LogP contribution is -2.36. The minimum atomic E-state index is -2.84. The highest BCUT2D eigenvalue weighted by Crippen LogP contribution is 2.23. The number of hydrogen-bond acceptors (Lipinski definition) is 3. The van der Waals surface area contributed by atoms with Crippen LogP contribution in [0.15, 0.2) is 0 Å². The Morgan fingerprint density at radius 2 is 2.31 bits per heavy atom. The standard InChI is InChI=1S/C7H12N2O2S2/c1-2-9-6-4-13(10,11)3-5(6)8-7(9)12/h5-6H,2-4H2,1H3,(H,8,12)/t5-,6+/m1/s1. The third kappa shape index (κ3) is 1.42. The summed E-state index contributed by atoms with van der Waals surface area (Å²) >= 11 is 5.09. The first-order valence-electron chi connectivity index (χ1n) is 4.31. The molecule has 0 aromatic rings. The molecule has 0 aromatic carbocycles. The van der Waals surface area contributed by atoms with Crippen LogP contribution in [0.2, 0.25) is 0 Å². The quantitative estimate of drug-likeness (QED) is 0.596. The molecule has 0 radical (unpaired) electrons. The van der Waals surface area contributed by atoms with Crippen LogP contribution in [0.5, 0.6) is 0 Å². The zero-order valence-electron chi connectivity index (χ0n) is 7.36. The highest BCUT2D eigenvalue weighted by atomic mass is 32.2. The fourth-order valence-electron chi connectivity index (χ4n) is 2.04. The van der Waals surface area contributed by atoms with Gasteiger partial charge in [0.2, 0.25) is 0 Å². The summed E-state index contributed by atoms with van der Waals surface area (Å²) in [6.45, 7) is 2.77. The monoisotopic (exact) mass is 220 g/mol. The Labute approximate surface area is 83.2 Å². The zero-order valence-corrected chi connectivity index (χ0v) is 8.99. The number of fused-ring (bicyclic) bond motifs is 1. The molecule has 2 saturated heterocycles. The zero-order chi connectivity index (χ0) is 9.64. The summed E-state index contributed by atoms with van der Waals surface area (Å²) in [5.41, 5.74) is 0. The van der Waals surface area contributed by atoms with Crippen molar-refractivity contribution in [2.45, 2.75) is 19.0 Å². The minimum absolute atomic E-state index is 0.0254. The van der Waals surface area contributed by atoms with Crippen molar-refractivity contribution in [2.75, 3.05) is 18.1 Å². The van der Waals surface area contributed by atoms with Gasteiger partial charge < -0.3 is 10.2 Å². The van der Waals surface area contributed by atoms with Gasteiger partial charge in [0, 0.05) is 6.54 Å². The Morgan fingerprint density at radius 3 is 2.92 bits per heavy atom. The molecule has 13 heavy (non-hydrogen) atoms. The average Bonchev–Trinajstić information content (AvgIpc) is 2.39. The van der Waals surface area contributed by atoms with Gasteiger partial charge in [-0.2, -0.15) is 0 Å². The summed E-state index contributed by atoms with van der Waals surface area (Å²) in [7, 11) is -2.84. The molecular weight excluding hydrogens is 208 g/mol. The maximum absolute atomic E-state index is 11.3. The molecule has 0 aliphatic carbocycles. The van der Waals surface area contributed by atoms with Crippen LogP contribution in [0.1, 0.15) is 6.92 Å². The molecule has 2 fully saturated rings. The molecule has 0 bridgehead atoms. The van der Waals surface area contributed by atoms with Gasteiger partial charge >= 0.3 is 0 Å². The maximum Gasteiger partial charge on any atom is 0.169 e. The Hall–Kier alpha value is -0.360. The number of nitrogens with zero attached hydrogens (tertiary/aromatic N) is 1. The van der Waals surface area contributed by atoms with E-state index in [4.69, 9.17) is 12.2 Å². The summed E-state index contributed by atoms with van der Waals surface area (Å²) < 4.78 is 22.6. The van der Waals surface area contributed by atoms with Gasteiger partial charge in [0.05, 0.1) is 23.6 Å². The van der Waals surface area contributed by atoms with E-state index in [9.17, 15) is 8.42 Å². The van der Waals surface area contributed by atoms with Crippen molar-refractivity contribution in [3.05, 3.63) is 0 Å². The van der Waals surface area contributed by atoms with Crippen LogP contribution in [0.25, 0.3) is 0 Å². The van der Waals surface area contributed by atoms with Crippen LogP contribution in [0.4, 0.5) is 0 Å². The maximum atomic E-state index is 11.3. The Bertz CT molecular complexity index is 338. The van der Waals surface area contributed by atoms with Crippen LogP contribution in [-0.2, 0) is 9.84 Å². The van der Waals surface area contributed by atoms with Crippen LogP contribution >= 0.6 is 12.2 Å². The molecule has 0 unspecified atom stereocenters. The van der Waals surface area contributed by atoms with Gasteiger partial charge in [0.1, 0.15) is 0 Å². The summed E-state index contributed by atoms with van der Waals surface area (Å²) in [6, 6.07) is 0.0972. The van der Waals surface area contributed by atoms with Crippen molar-refractivity contribution >= 4 is 27.2 Å². The number of hydrogen-bond donors (Lipinski definition) is 1. The van der Waals surface area contributed by atoms with Crippen molar-refractivity contribution in [3.63, 3.8) is 0 Å². The molecule has 2 aliphatic heterocycles. The topological polar surface area (TPSA) is 49.4 Å². The molecule has 4 nitrogen and oxygen atoms in total. The van der Waals surface area contributed by atoms with Crippen molar-refractivity contribution in [3.8, 4) is 0 Å². The number of rotatable bonds is 1. The van der Waals surface area contributed by atoms with Crippen molar-refractivity contribution in [1.82, 2.24) is 10.2 Å². The smallest absolute Gasteiger partial charge is 0.169 e.